The number of nitrogens with one attached hydrogen (secondary N) is 1. The van der Waals surface area contributed by atoms with Crippen molar-refractivity contribution in [3.63, 3.8) is 0 Å². The van der Waals surface area contributed by atoms with Gasteiger partial charge in [-0.15, -0.1) is 0 Å². The molecule has 0 radical (unpaired) electrons. The first-order valence-electron chi connectivity index (χ1n) is 7.56. The smallest absolute Gasteiger partial charge is 0.257 e. The van der Waals surface area contributed by atoms with E-state index in [9.17, 15) is 4.79 Å². The summed E-state index contributed by atoms with van der Waals surface area (Å²) in [5.74, 6) is 1.31. The topological polar surface area (TPSA) is 47.6 Å². The van der Waals surface area contributed by atoms with Gasteiger partial charge in [0.1, 0.15) is 11.5 Å². The van der Waals surface area contributed by atoms with Gasteiger partial charge in [0.15, 0.2) is 6.61 Å². The highest BCUT2D eigenvalue weighted by atomic mass is 79.9. The van der Waals surface area contributed by atoms with Crippen molar-refractivity contribution in [2.24, 2.45) is 0 Å². The monoisotopic (exact) mass is 411 g/mol. The molecule has 0 fully saturated rings. The Kier molecular flexibility index (Phi) is 7.40. The lowest BCUT2D eigenvalue weighted by molar-refractivity contribution is -0.123. The molecule has 0 saturated carbocycles. The van der Waals surface area contributed by atoms with E-state index in [1.54, 1.807) is 25.3 Å². The molecule has 24 heavy (non-hydrogen) atoms. The van der Waals surface area contributed by atoms with Crippen LogP contribution < -0.4 is 14.8 Å². The second-order valence-electron chi connectivity index (χ2n) is 5.13. The highest BCUT2D eigenvalue weighted by Gasteiger charge is 2.06. The SMILES string of the molecule is COc1ccccc1CCCNC(=O)COc1ccc(Cl)cc1Br. The van der Waals surface area contributed by atoms with Crippen molar-refractivity contribution in [1.82, 2.24) is 5.32 Å². The summed E-state index contributed by atoms with van der Waals surface area (Å²) in [6, 6.07) is 13.0. The highest BCUT2D eigenvalue weighted by molar-refractivity contribution is 9.10. The first kappa shape index (κ1) is 18.6. The molecule has 1 N–H and O–H groups in total. The maximum Gasteiger partial charge on any atom is 0.257 e. The summed E-state index contributed by atoms with van der Waals surface area (Å²) in [5.41, 5.74) is 1.13. The number of ether oxygens (including phenoxy) is 2. The van der Waals surface area contributed by atoms with Crippen LogP contribution in [0, 0.1) is 0 Å². The summed E-state index contributed by atoms with van der Waals surface area (Å²) < 4.78 is 11.5. The number of benzene rings is 2. The van der Waals surface area contributed by atoms with E-state index < -0.39 is 0 Å². The van der Waals surface area contributed by atoms with Crippen LogP contribution in [0.1, 0.15) is 12.0 Å². The molecule has 0 aromatic heterocycles. The van der Waals surface area contributed by atoms with E-state index in [4.69, 9.17) is 21.1 Å². The van der Waals surface area contributed by atoms with Crippen molar-refractivity contribution >= 4 is 33.4 Å². The molecule has 2 aromatic carbocycles. The molecule has 0 unspecified atom stereocenters. The van der Waals surface area contributed by atoms with Crippen molar-refractivity contribution in [3.8, 4) is 11.5 Å². The van der Waals surface area contributed by atoms with Gasteiger partial charge in [-0.25, -0.2) is 0 Å². The van der Waals surface area contributed by atoms with Gasteiger partial charge in [-0.1, -0.05) is 29.8 Å². The second kappa shape index (κ2) is 9.55. The molecule has 0 aliphatic heterocycles. The van der Waals surface area contributed by atoms with Crippen molar-refractivity contribution in [3.05, 3.63) is 57.5 Å². The van der Waals surface area contributed by atoms with Crippen LogP contribution in [-0.4, -0.2) is 26.2 Å². The molecular formula is C18H19BrClNO3. The number of methoxy groups -OCH3 is 1. The Labute approximate surface area is 155 Å². The van der Waals surface area contributed by atoms with Gasteiger partial charge in [-0.2, -0.15) is 0 Å². The number of carbonyl (C=O) groups excluding carboxylic acids is 1. The van der Waals surface area contributed by atoms with Crippen LogP contribution in [0.3, 0.4) is 0 Å². The highest BCUT2D eigenvalue weighted by Crippen LogP contribution is 2.27. The number of amides is 1. The second-order valence-corrected chi connectivity index (χ2v) is 6.42. The minimum atomic E-state index is -0.156. The van der Waals surface area contributed by atoms with Gasteiger partial charge in [-0.05, 0) is 58.6 Å². The molecule has 128 valence electrons. The summed E-state index contributed by atoms with van der Waals surface area (Å²) in [4.78, 5) is 11.8. The Morgan fingerprint density at radius 2 is 2.00 bits per heavy atom. The van der Waals surface area contributed by atoms with E-state index in [1.807, 2.05) is 24.3 Å². The third-order valence-corrected chi connectivity index (χ3v) is 4.25. The van der Waals surface area contributed by atoms with Gasteiger partial charge in [-0.3, -0.25) is 4.79 Å². The van der Waals surface area contributed by atoms with Crippen molar-refractivity contribution in [2.75, 3.05) is 20.3 Å². The molecule has 2 rings (SSSR count). The van der Waals surface area contributed by atoms with Crippen LogP contribution in [0.5, 0.6) is 11.5 Å². The maximum atomic E-state index is 11.8. The lowest BCUT2D eigenvalue weighted by Crippen LogP contribution is -2.30. The standard InChI is InChI=1S/C18H19BrClNO3/c1-23-16-7-3-2-5-13(16)6-4-10-21-18(22)12-24-17-9-8-14(20)11-15(17)19/h2-3,5,7-9,11H,4,6,10,12H2,1H3,(H,21,22). The van der Waals surface area contributed by atoms with Crippen LogP contribution in [0.2, 0.25) is 5.02 Å². The molecule has 4 nitrogen and oxygen atoms in total. The fourth-order valence-corrected chi connectivity index (χ4v) is 3.00. The summed E-state index contributed by atoms with van der Waals surface area (Å²) in [7, 11) is 1.66. The summed E-state index contributed by atoms with van der Waals surface area (Å²) >= 11 is 9.21. The van der Waals surface area contributed by atoms with E-state index in [0.717, 1.165) is 28.6 Å². The predicted octanol–water partition coefficient (Wildman–Crippen LogP) is 4.24. The Morgan fingerprint density at radius 3 is 2.75 bits per heavy atom. The van der Waals surface area contributed by atoms with Crippen molar-refractivity contribution < 1.29 is 14.3 Å². The largest absolute Gasteiger partial charge is 0.496 e. The quantitative estimate of drug-likeness (QED) is 0.660. The minimum Gasteiger partial charge on any atom is -0.496 e. The molecule has 0 saturated heterocycles. The molecule has 0 aliphatic carbocycles. The van der Waals surface area contributed by atoms with E-state index in [-0.39, 0.29) is 12.5 Å². The van der Waals surface area contributed by atoms with Crippen molar-refractivity contribution in [2.45, 2.75) is 12.8 Å². The number of hydrogen-bond donors (Lipinski definition) is 1. The lowest BCUT2D eigenvalue weighted by Gasteiger charge is -2.10. The molecule has 0 atom stereocenters. The third-order valence-electron chi connectivity index (χ3n) is 3.39. The maximum absolute atomic E-state index is 11.8. The van der Waals surface area contributed by atoms with Gasteiger partial charge in [0.2, 0.25) is 0 Å². The molecule has 0 aliphatic rings. The molecule has 0 spiro atoms. The van der Waals surface area contributed by atoms with Gasteiger partial charge >= 0.3 is 0 Å². The number of hydrogen-bond acceptors (Lipinski definition) is 3. The van der Waals surface area contributed by atoms with Crippen LogP contribution in [-0.2, 0) is 11.2 Å². The van der Waals surface area contributed by atoms with E-state index in [2.05, 4.69) is 21.2 Å². The normalized spacial score (nSPS) is 10.3. The zero-order valence-corrected chi connectivity index (χ0v) is 15.7. The van der Waals surface area contributed by atoms with Gasteiger partial charge in [0, 0.05) is 11.6 Å². The first-order chi connectivity index (χ1) is 11.6. The average Bonchev–Trinajstić information content (AvgIpc) is 2.58. The van der Waals surface area contributed by atoms with Gasteiger partial charge in [0.25, 0.3) is 5.91 Å². The number of aryl methyl sites for hydroxylation is 1. The predicted molar refractivity (Wildman–Crippen MR) is 99.0 cm³/mol. The number of halogens is 2. The molecule has 0 bridgehead atoms. The molecule has 0 heterocycles. The number of para-hydroxylation sites is 1. The van der Waals surface area contributed by atoms with Crippen LogP contribution in [0.4, 0.5) is 0 Å². The summed E-state index contributed by atoms with van der Waals surface area (Å²) in [6.07, 6.45) is 1.67. The molecule has 1 amide bonds. The Hall–Kier alpha value is -1.72. The zero-order valence-electron chi connectivity index (χ0n) is 13.4. The zero-order chi connectivity index (χ0) is 17.4. The van der Waals surface area contributed by atoms with Crippen LogP contribution in [0.15, 0.2) is 46.9 Å². The summed E-state index contributed by atoms with van der Waals surface area (Å²) in [5, 5.41) is 3.45. The molecule has 2 aromatic rings. The van der Waals surface area contributed by atoms with Crippen LogP contribution >= 0.6 is 27.5 Å². The Balaban J connectivity index is 1.70. The van der Waals surface area contributed by atoms with E-state index in [1.165, 1.54) is 0 Å². The fraction of sp³-hybridized carbons (Fsp3) is 0.278. The Morgan fingerprint density at radius 1 is 1.21 bits per heavy atom. The van der Waals surface area contributed by atoms with Crippen molar-refractivity contribution in [1.29, 1.82) is 0 Å². The third kappa shape index (κ3) is 5.73. The molecule has 6 heteroatoms. The van der Waals surface area contributed by atoms with E-state index in [0.29, 0.717) is 17.3 Å². The van der Waals surface area contributed by atoms with Gasteiger partial charge in [0.05, 0.1) is 11.6 Å². The number of rotatable bonds is 8. The van der Waals surface area contributed by atoms with Crippen LogP contribution in [0.25, 0.3) is 0 Å². The van der Waals surface area contributed by atoms with E-state index >= 15 is 0 Å². The molecular weight excluding hydrogens is 394 g/mol. The van der Waals surface area contributed by atoms with Gasteiger partial charge < -0.3 is 14.8 Å². The Bertz CT molecular complexity index is 694. The minimum absolute atomic E-state index is 0.0328. The average molecular weight is 413 g/mol. The summed E-state index contributed by atoms with van der Waals surface area (Å²) in [6.45, 7) is 0.552. The first-order valence-corrected chi connectivity index (χ1v) is 8.73. The number of carbonyl (C=O) groups is 1. The fourth-order valence-electron chi connectivity index (χ4n) is 2.20. The lowest BCUT2D eigenvalue weighted by atomic mass is 10.1.